The SMILES string of the molecule is CC(=O)C(=O)OC1(C(=O)OOC(=O)C(C)(O)C(C)O)OC(=O)CCC(=O)O1. The van der Waals surface area contributed by atoms with E-state index in [4.69, 9.17) is 0 Å². The highest BCUT2D eigenvalue weighted by Crippen LogP contribution is 2.25. The van der Waals surface area contributed by atoms with Crippen molar-refractivity contribution in [2.24, 2.45) is 0 Å². The predicted octanol–water partition coefficient (Wildman–Crippen LogP) is -2.21. The van der Waals surface area contributed by atoms with Crippen LogP contribution in [0.3, 0.4) is 0 Å². The monoisotopic (exact) mass is 392 g/mol. The van der Waals surface area contributed by atoms with Gasteiger partial charge in [-0.2, -0.15) is 0 Å². The van der Waals surface area contributed by atoms with E-state index in [1.165, 1.54) is 0 Å². The number of carbonyl (C=O) groups is 6. The van der Waals surface area contributed by atoms with Crippen LogP contribution in [0.4, 0.5) is 0 Å². The summed E-state index contributed by atoms with van der Waals surface area (Å²) in [5.41, 5.74) is -2.51. The molecule has 0 aromatic rings. The Labute approximate surface area is 151 Å². The predicted molar refractivity (Wildman–Crippen MR) is 75.4 cm³/mol. The third-order valence-electron chi connectivity index (χ3n) is 3.21. The van der Waals surface area contributed by atoms with E-state index in [0.29, 0.717) is 0 Å². The molecule has 27 heavy (non-hydrogen) atoms. The molecule has 0 radical (unpaired) electrons. The largest absolute Gasteiger partial charge is 0.534 e. The lowest BCUT2D eigenvalue weighted by atomic mass is 10.0. The molecule has 1 heterocycles. The van der Waals surface area contributed by atoms with Crippen molar-refractivity contribution in [2.75, 3.05) is 0 Å². The van der Waals surface area contributed by atoms with Gasteiger partial charge in [0.2, 0.25) is 5.78 Å². The number of carbonyl (C=O) groups excluding carboxylic acids is 6. The minimum Gasteiger partial charge on any atom is -0.390 e. The molecule has 150 valence electrons. The van der Waals surface area contributed by atoms with E-state index in [1.54, 1.807) is 0 Å². The first-order chi connectivity index (χ1) is 12.3. The highest BCUT2D eigenvalue weighted by Gasteiger charge is 2.57. The number of Topliss-reactive ketones (excluding diaryl/α,β-unsaturated/α-hetero) is 1. The van der Waals surface area contributed by atoms with Crippen molar-refractivity contribution in [2.45, 2.75) is 51.3 Å². The van der Waals surface area contributed by atoms with Gasteiger partial charge in [-0.05, 0) is 13.8 Å². The minimum atomic E-state index is -3.48. The summed E-state index contributed by atoms with van der Waals surface area (Å²) in [6.07, 6.45) is -2.76. The van der Waals surface area contributed by atoms with Crippen LogP contribution in [0, 0.1) is 0 Å². The first-order valence-electron chi connectivity index (χ1n) is 7.33. The van der Waals surface area contributed by atoms with Gasteiger partial charge in [-0.3, -0.25) is 14.4 Å². The molecular formula is C14H16O13. The molecule has 1 saturated heterocycles. The molecule has 0 saturated carbocycles. The van der Waals surface area contributed by atoms with Gasteiger partial charge >= 0.3 is 35.8 Å². The molecule has 2 N–H and O–H groups in total. The van der Waals surface area contributed by atoms with Crippen molar-refractivity contribution in [3.05, 3.63) is 0 Å². The Morgan fingerprint density at radius 2 is 1.59 bits per heavy atom. The zero-order chi connectivity index (χ0) is 21.0. The van der Waals surface area contributed by atoms with Crippen LogP contribution in [0.1, 0.15) is 33.6 Å². The van der Waals surface area contributed by atoms with E-state index in [1.807, 2.05) is 0 Å². The van der Waals surface area contributed by atoms with Gasteiger partial charge in [0.1, 0.15) is 0 Å². The Morgan fingerprint density at radius 3 is 2.00 bits per heavy atom. The van der Waals surface area contributed by atoms with Gasteiger partial charge in [0, 0.05) is 6.92 Å². The van der Waals surface area contributed by atoms with Crippen LogP contribution in [0.5, 0.6) is 0 Å². The minimum absolute atomic E-state index is 0.554. The standard InChI is InChI=1S/C14H16O13/c1-6(15)10(19)25-14(23-8(17)4-5-9(18)24-14)12(21)27-26-11(20)13(3,22)7(2)16/h7,16,22H,4-5H2,1-3H3. The van der Waals surface area contributed by atoms with Crippen molar-refractivity contribution < 1.29 is 63.0 Å². The number of aliphatic hydroxyl groups excluding tert-OH is 1. The maximum absolute atomic E-state index is 12.1. The Morgan fingerprint density at radius 1 is 1.11 bits per heavy atom. The summed E-state index contributed by atoms with van der Waals surface area (Å²) in [6, 6.07) is 0. The zero-order valence-electron chi connectivity index (χ0n) is 14.4. The van der Waals surface area contributed by atoms with Crippen LogP contribution in [-0.2, 0) is 52.8 Å². The van der Waals surface area contributed by atoms with Crippen molar-refractivity contribution in [1.29, 1.82) is 0 Å². The number of esters is 3. The van der Waals surface area contributed by atoms with Gasteiger partial charge in [-0.25, -0.2) is 24.2 Å². The molecular weight excluding hydrogens is 376 g/mol. The fourth-order valence-corrected chi connectivity index (χ4v) is 1.37. The van der Waals surface area contributed by atoms with E-state index < -0.39 is 66.1 Å². The topological polar surface area (TPSA) is 189 Å². The maximum Gasteiger partial charge on any atom is 0.534 e. The smallest absolute Gasteiger partial charge is 0.390 e. The molecule has 2 unspecified atom stereocenters. The molecule has 0 spiro atoms. The summed E-state index contributed by atoms with van der Waals surface area (Å²) < 4.78 is 13.3. The van der Waals surface area contributed by atoms with Crippen LogP contribution in [0.25, 0.3) is 0 Å². The average molecular weight is 392 g/mol. The molecule has 0 bridgehead atoms. The van der Waals surface area contributed by atoms with E-state index in [0.717, 1.165) is 20.8 Å². The molecule has 13 heteroatoms. The van der Waals surface area contributed by atoms with Crippen LogP contribution < -0.4 is 0 Å². The van der Waals surface area contributed by atoms with Gasteiger partial charge in [0.15, 0.2) is 5.60 Å². The second-order valence-electron chi connectivity index (χ2n) is 5.52. The molecule has 0 aliphatic carbocycles. The lowest BCUT2D eigenvalue weighted by Gasteiger charge is -2.26. The summed E-state index contributed by atoms with van der Waals surface area (Å²) in [7, 11) is 0. The van der Waals surface area contributed by atoms with Gasteiger partial charge in [-0.15, -0.1) is 0 Å². The van der Waals surface area contributed by atoms with Crippen LogP contribution in [0.2, 0.25) is 0 Å². The molecule has 0 aromatic heterocycles. The third kappa shape index (κ3) is 5.21. The van der Waals surface area contributed by atoms with Crippen LogP contribution >= 0.6 is 0 Å². The number of rotatable bonds is 5. The quantitative estimate of drug-likeness (QED) is 0.222. The third-order valence-corrected chi connectivity index (χ3v) is 3.21. The molecule has 1 aliphatic rings. The number of aliphatic hydroxyl groups is 2. The summed E-state index contributed by atoms with van der Waals surface area (Å²) in [5.74, 6) is -12.7. The van der Waals surface area contributed by atoms with Crippen molar-refractivity contribution >= 4 is 35.6 Å². The highest BCUT2D eigenvalue weighted by molar-refractivity contribution is 6.32. The van der Waals surface area contributed by atoms with Gasteiger partial charge < -0.3 is 24.4 Å². The van der Waals surface area contributed by atoms with E-state index in [9.17, 15) is 39.0 Å². The molecule has 1 fully saturated rings. The highest BCUT2D eigenvalue weighted by atomic mass is 17.2. The zero-order valence-corrected chi connectivity index (χ0v) is 14.4. The first-order valence-corrected chi connectivity index (χ1v) is 7.33. The fraction of sp³-hybridized carbons (Fsp3) is 0.571. The van der Waals surface area contributed by atoms with E-state index in [2.05, 4.69) is 24.0 Å². The Hall–Kier alpha value is -3.06. The maximum atomic E-state index is 12.1. The van der Waals surface area contributed by atoms with Gasteiger partial charge in [-0.1, -0.05) is 0 Å². The Balaban J connectivity index is 3.08. The normalized spacial score (nSPS) is 19.3. The molecule has 2 atom stereocenters. The summed E-state index contributed by atoms with van der Waals surface area (Å²) in [5, 5.41) is 18.9. The van der Waals surface area contributed by atoms with Crippen LogP contribution in [-0.4, -0.2) is 63.5 Å². The Kier molecular flexibility index (Phi) is 6.59. The van der Waals surface area contributed by atoms with Gasteiger partial charge in [0.25, 0.3) is 0 Å². The summed E-state index contributed by atoms with van der Waals surface area (Å²) in [4.78, 5) is 77.5. The average Bonchev–Trinajstić information content (AvgIpc) is 2.70. The van der Waals surface area contributed by atoms with E-state index >= 15 is 0 Å². The number of hydrogen-bond acceptors (Lipinski definition) is 13. The number of hydrogen-bond donors (Lipinski definition) is 2. The Bertz CT molecular complexity index is 656. The van der Waals surface area contributed by atoms with E-state index in [-0.39, 0.29) is 0 Å². The van der Waals surface area contributed by atoms with Crippen LogP contribution in [0.15, 0.2) is 0 Å². The molecule has 0 amide bonds. The first kappa shape index (κ1) is 22.0. The summed E-state index contributed by atoms with van der Waals surface area (Å²) >= 11 is 0. The van der Waals surface area contributed by atoms with Crippen molar-refractivity contribution in [3.8, 4) is 0 Å². The van der Waals surface area contributed by atoms with Crippen molar-refractivity contribution in [1.82, 2.24) is 0 Å². The number of cyclic esters (lactones) is 2. The second kappa shape index (κ2) is 8.09. The lowest BCUT2D eigenvalue weighted by Crippen LogP contribution is -2.52. The number of ketones is 1. The fourth-order valence-electron chi connectivity index (χ4n) is 1.37. The molecule has 13 nitrogen and oxygen atoms in total. The molecule has 1 rings (SSSR count). The van der Waals surface area contributed by atoms with Gasteiger partial charge in [0.05, 0.1) is 18.9 Å². The lowest BCUT2D eigenvalue weighted by molar-refractivity contribution is -0.346. The summed E-state index contributed by atoms with van der Waals surface area (Å²) in [6.45, 7) is 2.58. The van der Waals surface area contributed by atoms with Crippen molar-refractivity contribution in [3.63, 3.8) is 0 Å². The molecule has 1 aliphatic heterocycles. The molecule has 0 aromatic carbocycles. The number of ether oxygens (including phenoxy) is 3. The second-order valence-corrected chi connectivity index (χ2v) is 5.52.